The molecule has 1 aromatic rings. The first-order chi connectivity index (χ1) is 10.2. The molecule has 0 saturated heterocycles. The van der Waals surface area contributed by atoms with E-state index in [1.165, 1.54) is 44.1 Å². The van der Waals surface area contributed by atoms with Crippen LogP contribution in [0.3, 0.4) is 0 Å². The fourth-order valence-corrected chi connectivity index (χ4v) is 2.87. The summed E-state index contributed by atoms with van der Waals surface area (Å²) in [5.41, 5.74) is 1.37. The molecule has 0 heterocycles. The van der Waals surface area contributed by atoms with Crippen molar-refractivity contribution in [1.82, 2.24) is 0 Å². The van der Waals surface area contributed by atoms with Crippen LogP contribution in [0.25, 0.3) is 0 Å². The molecule has 0 spiro atoms. The van der Waals surface area contributed by atoms with Crippen LogP contribution in [-0.2, 0) is 11.2 Å². The lowest BCUT2D eigenvalue weighted by atomic mass is 9.97. The zero-order valence-corrected chi connectivity index (χ0v) is 13.8. The molecule has 21 heavy (non-hydrogen) atoms. The molecule has 0 aliphatic heterocycles. The minimum absolute atomic E-state index is 0.134. The van der Waals surface area contributed by atoms with Gasteiger partial charge in [0.25, 0.3) is 0 Å². The van der Waals surface area contributed by atoms with Gasteiger partial charge in [0.15, 0.2) is 0 Å². The van der Waals surface area contributed by atoms with Crippen LogP contribution in [0, 0.1) is 5.92 Å². The fraction of sp³-hybridized carbons (Fsp3) is 0.684. The monoisotopic (exact) mass is 290 g/mol. The molecule has 1 unspecified atom stereocenters. The van der Waals surface area contributed by atoms with Gasteiger partial charge in [0.1, 0.15) is 5.75 Å². The van der Waals surface area contributed by atoms with Gasteiger partial charge in [0.05, 0.1) is 6.10 Å². The van der Waals surface area contributed by atoms with E-state index in [0.717, 1.165) is 12.2 Å². The van der Waals surface area contributed by atoms with E-state index in [0.29, 0.717) is 12.0 Å². The van der Waals surface area contributed by atoms with Crippen LogP contribution < -0.4 is 4.74 Å². The Labute approximate surface area is 129 Å². The average Bonchev–Trinajstić information content (AvgIpc) is 2.50. The topological polar surface area (TPSA) is 18.5 Å². The fourth-order valence-electron chi connectivity index (χ4n) is 2.87. The quantitative estimate of drug-likeness (QED) is 0.630. The first-order valence-electron chi connectivity index (χ1n) is 8.60. The normalized spacial score (nSPS) is 17.9. The van der Waals surface area contributed by atoms with Crippen LogP contribution in [0.2, 0.25) is 0 Å². The summed E-state index contributed by atoms with van der Waals surface area (Å²) in [6.07, 6.45) is 8.86. The molecule has 2 nitrogen and oxygen atoms in total. The van der Waals surface area contributed by atoms with Crippen LogP contribution in [-0.4, -0.2) is 12.4 Å². The van der Waals surface area contributed by atoms with Crippen molar-refractivity contribution >= 4 is 0 Å². The molecular formula is C19H30O2. The summed E-state index contributed by atoms with van der Waals surface area (Å²) in [7, 11) is 0. The van der Waals surface area contributed by atoms with Crippen LogP contribution in [0.15, 0.2) is 24.3 Å². The Morgan fingerprint density at radius 3 is 2.29 bits per heavy atom. The van der Waals surface area contributed by atoms with Crippen LogP contribution in [0.1, 0.15) is 64.9 Å². The molecule has 2 rings (SSSR count). The third-order valence-electron chi connectivity index (χ3n) is 4.14. The molecule has 1 atom stereocenters. The lowest BCUT2D eigenvalue weighted by molar-refractivity contribution is -0.150. The van der Waals surface area contributed by atoms with Gasteiger partial charge >= 0.3 is 0 Å². The van der Waals surface area contributed by atoms with Crippen molar-refractivity contribution in [1.29, 1.82) is 0 Å². The van der Waals surface area contributed by atoms with Crippen molar-refractivity contribution in [2.75, 3.05) is 0 Å². The highest BCUT2D eigenvalue weighted by atomic mass is 16.7. The second kappa shape index (κ2) is 8.43. The predicted octanol–water partition coefficient (Wildman–Crippen LogP) is 5.35. The Morgan fingerprint density at radius 2 is 1.71 bits per heavy atom. The van der Waals surface area contributed by atoms with Gasteiger partial charge in [-0.3, -0.25) is 0 Å². The van der Waals surface area contributed by atoms with E-state index >= 15 is 0 Å². The maximum absolute atomic E-state index is 6.21. The molecule has 1 saturated carbocycles. The van der Waals surface area contributed by atoms with Gasteiger partial charge in [-0.15, -0.1) is 0 Å². The lowest BCUT2D eigenvalue weighted by Gasteiger charge is -2.30. The highest BCUT2D eigenvalue weighted by Gasteiger charge is 2.23. The van der Waals surface area contributed by atoms with Crippen molar-refractivity contribution < 1.29 is 9.47 Å². The van der Waals surface area contributed by atoms with Crippen molar-refractivity contribution in [3.63, 3.8) is 0 Å². The number of rotatable bonds is 7. The van der Waals surface area contributed by atoms with E-state index in [1.54, 1.807) is 0 Å². The summed E-state index contributed by atoms with van der Waals surface area (Å²) in [5, 5.41) is 0. The van der Waals surface area contributed by atoms with Crippen LogP contribution in [0.5, 0.6) is 5.75 Å². The first-order valence-corrected chi connectivity index (χ1v) is 8.60. The van der Waals surface area contributed by atoms with Crippen molar-refractivity contribution in [3.8, 4) is 5.75 Å². The second-order valence-corrected chi connectivity index (χ2v) is 6.52. The number of hydrogen-bond donors (Lipinski definition) is 0. The third kappa shape index (κ3) is 5.35. The summed E-state index contributed by atoms with van der Waals surface area (Å²) in [6.45, 7) is 6.54. The molecule has 1 aliphatic carbocycles. The summed E-state index contributed by atoms with van der Waals surface area (Å²) >= 11 is 0. The van der Waals surface area contributed by atoms with Crippen molar-refractivity contribution in [3.05, 3.63) is 29.8 Å². The smallest absolute Gasteiger partial charge is 0.202 e. The Kier molecular flexibility index (Phi) is 6.56. The van der Waals surface area contributed by atoms with Crippen LogP contribution in [0.4, 0.5) is 0 Å². The van der Waals surface area contributed by atoms with E-state index in [4.69, 9.17) is 9.47 Å². The predicted molar refractivity (Wildman–Crippen MR) is 87.6 cm³/mol. The minimum Gasteiger partial charge on any atom is -0.465 e. The van der Waals surface area contributed by atoms with Crippen LogP contribution >= 0.6 is 0 Å². The first kappa shape index (κ1) is 16.4. The van der Waals surface area contributed by atoms with Gasteiger partial charge < -0.3 is 9.47 Å². The molecule has 0 N–H and O–H groups in total. The second-order valence-electron chi connectivity index (χ2n) is 6.52. The Bertz CT molecular complexity index is 391. The molecule has 0 radical (unpaired) electrons. The average molecular weight is 290 g/mol. The van der Waals surface area contributed by atoms with Gasteiger partial charge in [-0.05, 0) is 37.0 Å². The number of benzene rings is 1. The molecule has 0 amide bonds. The molecule has 118 valence electrons. The molecule has 0 aromatic heterocycles. The Hall–Kier alpha value is -1.02. The standard InChI is InChI=1S/C19H30O2/c1-4-8-16-11-13-18(14-12-16)21-19(15(2)3)20-17-9-6-5-7-10-17/h11-15,17,19H,4-10H2,1-3H3. The summed E-state index contributed by atoms with van der Waals surface area (Å²) < 4.78 is 12.3. The van der Waals surface area contributed by atoms with E-state index < -0.39 is 0 Å². The minimum atomic E-state index is -0.134. The highest BCUT2D eigenvalue weighted by molar-refractivity contribution is 5.27. The number of ether oxygens (including phenoxy) is 2. The van der Waals surface area contributed by atoms with Gasteiger partial charge in [0, 0.05) is 5.92 Å². The number of hydrogen-bond acceptors (Lipinski definition) is 2. The van der Waals surface area contributed by atoms with Gasteiger partial charge in [-0.1, -0.05) is 58.6 Å². The SMILES string of the molecule is CCCc1ccc(OC(OC2CCCCC2)C(C)C)cc1. The lowest BCUT2D eigenvalue weighted by Crippen LogP contribution is -2.32. The third-order valence-corrected chi connectivity index (χ3v) is 4.14. The highest BCUT2D eigenvalue weighted by Crippen LogP contribution is 2.25. The molecule has 1 aliphatic rings. The van der Waals surface area contributed by atoms with E-state index in [-0.39, 0.29) is 6.29 Å². The van der Waals surface area contributed by atoms with Gasteiger partial charge in [-0.2, -0.15) is 0 Å². The van der Waals surface area contributed by atoms with Crippen molar-refractivity contribution in [2.45, 2.75) is 78.1 Å². The zero-order valence-electron chi connectivity index (χ0n) is 13.8. The molecule has 1 aromatic carbocycles. The Morgan fingerprint density at radius 1 is 1.05 bits per heavy atom. The largest absolute Gasteiger partial charge is 0.465 e. The summed E-state index contributed by atoms with van der Waals surface area (Å²) in [4.78, 5) is 0. The number of aryl methyl sites for hydroxylation is 1. The summed E-state index contributed by atoms with van der Waals surface area (Å²) in [5.74, 6) is 1.28. The maximum Gasteiger partial charge on any atom is 0.202 e. The van der Waals surface area contributed by atoms with E-state index in [9.17, 15) is 0 Å². The molecule has 2 heteroatoms. The van der Waals surface area contributed by atoms with E-state index in [2.05, 4.69) is 45.0 Å². The zero-order chi connectivity index (χ0) is 15.1. The van der Waals surface area contributed by atoms with Gasteiger partial charge in [-0.25, -0.2) is 0 Å². The molecular weight excluding hydrogens is 260 g/mol. The van der Waals surface area contributed by atoms with Gasteiger partial charge in [0.2, 0.25) is 6.29 Å². The maximum atomic E-state index is 6.21. The van der Waals surface area contributed by atoms with Crippen molar-refractivity contribution in [2.24, 2.45) is 5.92 Å². The molecule has 0 bridgehead atoms. The molecule has 1 fully saturated rings. The summed E-state index contributed by atoms with van der Waals surface area (Å²) in [6, 6.07) is 8.48. The Balaban J connectivity index is 1.91. The van der Waals surface area contributed by atoms with E-state index in [1.807, 2.05) is 0 Å².